The van der Waals surface area contributed by atoms with E-state index in [0.717, 1.165) is 11.6 Å². The number of aromatic nitrogens is 1. The Labute approximate surface area is 146 Å². The molecular weight excluding hydrogens is 349 g/mol. The molecule has 0 spiro atoms. The van der Waals surface area contributed by atoms with Crippen LogP contribution in [0.1, 0.15) is 17.5 Å². The summed E-state index contributed by atoms with van der Waals surface area (Å²) < 4.78 is 45.0. The molecule has 8 heteroatoms. The predicted octanol–water partition coefficient (Wildman–Crippen LogP) is 4.08. The van der Waals surface area contributed by atoms with Crippen molar-refractivity contribution in [2.75, 3.05) is 6.54 Å². The highest BCUT2D eigenvalue weighted by atomic mass is 19.4. The Balaban J connectivity index is 1.85. The number of benzene rings is 2. The number of nitrogens with one attached hydrogen (secondary N) is 1. The molecule has 0 bridgehead atoms. The summed E-state index contributed by atoms with van der Waals surface area (Å²) in [5.74, 6) is -0.986. The number of carboxylic acids is 1. The van der Waals surface area contributed by atoms with E-state index in [1.165, 1.54) is 18.2 Å². The van der Waals surface area contributed by atoms with Gasteiger partial charge in [0.1, 0.15) is 5.52 Å². The van der Waals surface area contributed by atoms with E-state index in [1.54, 1.807) is 18.2 Å². The topological polar surface area (TPSA) is 75.4 Å². The van der Waals surface area contributed by atoms with Gasteiger partial charge in [-0.25, -0.2) is 4.98 Å². The Morgan fingerprint density at radius 1 is 1.19 bits per heavy atom. The molecule has 0 saturated carbocycles. The number of alkyl halides is 3. The van der Waals surface area contributed by atoms with Crippen LogP contribution >= 0.6 is 0 Å². The van der Waals surface area contributed by atoms with Gasteiger partial charge in [-0.05, 0) is 29.8 Å². The van der Waals surface area contributed by atoms with Gasteiger partial charge in [-0.15, -0.1) is 0 Å². The molecule has 1 heterocycles. The molecule has 5 nitrogen and oxygen atoms in total. The van der Waals surface area contributed by atoms with Gasteiger partial charge < -0.3 is 14.8 Å². The molecule has 26 heavy (non-hydrogen) atoms. The average molecular weight is 364 g/mol. The number of hydrogen-bond donors (Lipinski definition) is 2. The maximum atomic E-state index is 13.2. The first-order valence-corrected chi connectivity index (χ1v) is 7.83. The van der Waals surface area contributed by atoms with Crippen molar-refractivity contribution in [3.8, 4) is 11.5 Å². The maximum Gasteiger partial charge on any atom is 0.417 e. The molecule has 0 unspecified atom stereocenters. The third kappa shape index (κ3) is 4.02. The molecule has 2 N–H and O–H groups in total. The molecule has 3 rings (SSSR count). The fraction of sp³-hybridized carbons (Fsp3) is 0.222. The fourth-order valence-corrected chi connectivity index (χ4v) is 2.54. The van der Waals surface area contributed by atoms with Crippen LogP contribution in [0.25, 0.3) is 22.6 Å². The summed E-state index contributed by atoms with van der Waals surface area (Å²) >= 11 is 0. The number of carbonyl (C=O) groups is 1. The molecule has 3 aromatic rings. The first kappa shape index (κ1) is 17.9. The molecule has 0 aliphatic rings. The molecule has 0 fully saturated rings. The third-order valence-corrected chi connectivity index (χ3v) is 3.76. The lowest BCUT2D eigenvalue weighted by molar-refractivity contribution is -0.138. The molecule has 0 radical (unpaired) electrons. The van der Waals surface area contributed by atoms with Crippen LogP contribution in [0.3, 0.4) is 0 Å². The molecular formula is C18H15F3N2O3. The first-order chi connectivity index (χ1) is 12.3. The minimum Gasteiger partial charge on any atom is -0.481 e. The van der Waals surface area contributed by atoms with Gasteiger partial charge >= 0.3 is 12.1 Å². The third-order valence-electron chi connectivity index (χ3n) is 3.76. The lowest BCUT2D eigenvalue weighted by Crippen LogP contribution is -2.17. The summed E-state index contributed by atoms with van der Waals surface area (Å²) in [6.07, 6.45) is -4.50. The van der Waals surface area contributed by atoms with Crippen molar-refractivity contribution in [1.82, 2.24) is 10.3 Å². The van der Waals surface area contributed by atoms with E-state index in [-0.39, 0.29) is 17.9 Å². The Bertz CT molecular complexity index is 935. The molecule has 0 saturated heterocycles. The van der Waals surface area contributed by atoms with Crippen molar-refractivity contribution in [2.24, 2.45) is 0 Å². The number of nitrogens with zero attached hydrogens (tertiary/aromatic N) is 1. The largest absolute Gasteiger partial charge is 0.481 e. The van der Waals surface area contributed by atoms with E-state index in [1.807, 2.05) is 0 Å². The first-order valence-electron chi connectivity index (χ1n) is 7.83. The van der Waals surface area contributed by atoms with Gasteiger partial charge in [-0.3, -0.25) is 4.79 Å². The van der Waals surface area contributed by atoms with Gasteiger partial charge in [-0.2, -0.15) is 13.2 Å². The second-order valence-electron chi connectivity index (χ2n) is 5.68. The average Bonchev–Trinajstić information content (AvgIpc) is 3.01. The fourth-order valence-electron chi connectivity index (χ4n) is 2.54. The van der Waals surface area contributed by atoms with Gasteiger partial charge in [-0.1, -0.05) is 18.2 Å². The number of rotatable bonds is 6. The zero-order chi connectivity index (χ0) is 18.7. The quantitative estimate of drug-likeness (QED) is 0.645. The van der Waals surface area contributed by atoms with Crippen molar-refractivity contribution in [1.29, 1.82) is 0 Å². The molecule has 1 aromatic heterocycles. The highest BCUT2D eigenvalue weighted by Crippen LogP contribution is 2.37. The van der Waals surface area contributed by atoms with Crippen molar-refractivity contribution in [3.05, 3.63) is 53.6 Å². The zero-order valence-electron chi connectivity index (χ0n) is 13.5. The number of hydrogen-bond acceptors (Lipinski definition) is 4. The highest BCUT2D eigenvalue weighted by molar-refractivity contribution is 5.77. The van der Waals surface area contributed by atoms with E-state index in [9.17, 15) is 18.0 Å². The molecule has 0 atom stereocenters. The van der Waals surface area contributed by atoms with Crippen LogP contribution in [0.2, 0.25) is 0 Å². The monoisotopic (exact) mass is 364 g/mol. The summed E-state index contributed by atoms with van der Waals surface area (Å²) in [6.45, 7) is 0.729. The van der Waals surface area contributed by atoms with Crippen LogP contribution in [0.4, 0.5) is 13.2 Å². The number of halogens is 3. The van der Waals surface area contributed by atoms with Crippen LogP contribution in [0.15, 0.2) is 46.9 Å². The Morgan fingerprint density at radius 3 is 2.69 bits per heavy atom. The van der Waals surface area contributed by atoms with Gasteiger partial charge in [0.05, 0.1) is 12.0 Å². The summed E-state index contributed by atoms with van der Waals surface area (Å²) in [6, 6.07) is 10.2. The zero-order valence-corrected chi connectivity index (χ0v) is 13.5. The standard InChI is InChI=1S/C18H15F3N2O3/c19-18(20,21)13-4-2-1-3-12(13)17-23-14-6-5-11(9-15(14)26-17)10-22-8-7-16(24)25/h1-6,9,22H,7-8,10H2,(H,24,25). The van der Waals surface area contributed by atoms with Crippen LogP contribution in [-0.2, 0) is 17.5 Å². The number of carboxylic acid groups (broad SMARTS) is 1. The Kier molecular flexibility index (Phi) is 4.94. The lowest BCUT2D eigenvalue weighted by atomic mass is 10.1. The smallest absolute Gasteiger partial charge is 0.417 e. The highest BCUT2D eigenvalue weighted by Gasteiger charge is 2.34. The summed E-state index contributed by atoms with van der Waals surface area (Å²) in [5.41, 5.74) is 0.718. The maximum absolute atomic E-state index is 13.2. The molecule has 2 aromatic carbocycles. The van der Waals surface area contributed by atoms with Gasteiger partial charge in [0.15, 0.2) is 5.58 Å². The Hall–Kier alpha value is -2.87. The van der Waals surface area contributed by atoms with E-state index >= 15 is 0 Å². The van der Waals surface area contributed by atoms with Crippen molar-refractivity contribution >= 4 is 17.1 Å². The number of fused-ring (bicyclic) bond motifs is 1. The summed E-state index contributed by atoms with van der Waals surface area (Å²) in [7, 11) is 0. The minimum absolute atomic E-state index is 0.00290. The molecule has 136 valence electrons. The van der Waals surface area contributed by atoms with E-state index < -0.39 is 17.7 Å². The van der Waals surface area contributed by atoms with Crippen molar-refractivity contribution in [2.45, 2.75) is 19.1 Å². The van der Waals surface area contributed by atoms with E-state index in [2.05, 4.69) is 10.3 Å². The molecule has 0 amide bonds. The predicted molar refractivity (Wildman–Crippen MR) is 88.4 cm³/mol. The van der Waals surface area contributed by atoms with Crippen molar-refractivity contribution in [3.63, 3.8) is 0 Å². The summed E-state index contributed by atoms with van der Waals surface area (Å²) in [4.78, 5) is 14.6. The van der Waals surface area contributed by atoms with Crippen LogP contribution in [-0.4, -0.2) is 22.6 Å². The van der Waals surface area contributed by atoms with Crippen LogP contribution < -0.4 is 5.32 Å². The summed E-state index contributed by atoms with van der Waals surface area (Å²) in [5, 5.41) is 11.6. The lowest BCUT2D eigenvalue weighted by Gasteiger charge is -2.09. The SMILES string of the molecule is O=C(O)CCNCc1ccc2nc(-c3ccccc3C(F)(F)F)oc2c1. The van der Waals surface area contributed by atoms with Gasteiger partial charge in [0, 0.05) is 18.7 Å². The van der Waals surface area contributed by atoms with E-state index in [0.29, 0.717) is 24.2 Å². The molecule has 0 aliphatic heterocycles. The van der Waals surface area contributed by atoms with Crippen molar-refractivity contribution < 1.29 is 27.5 Å². The van der Waals surface area contributed by atoms with Crippen LogP contribution in [0.5, 0.6) is 0 Å². The second kappa shape index (κ2) is 7.17. The van der Waals surface area contributed by atoms with Gasteiger partial charge in [0.25, 0.3) is 0 Å². The normalized spacial score (nSPS) is 11.8. The second-order valence-corrected chi connectivity index (χ2v) is 5.68. The number of aliphatic carboxylic acids is 1. The van der Waals surface area contributed by atoms with Gasteiger partial charge in [0.2, 0.25) is 5.89 Å². The number of oxazole rings is 1. The molecule has 0 aliphatic carbocycles. The van der Waals surface area contributed by atoms with Crippen LogP contribution in [0, 0.1) is 0 Å². The Morgan fingerprint density at radius 2 is 1.96 bits per heavy atom. The van der Waals surface area contributed by atoms with E-state index in [4.69, 9.17) is 9.52 Å². The minimum atomic E-state index is -4.50.